The Kier molecular flexibility index (Phi) is 5.09. The Morgan fingerprint density at radius 3 is 2.48 bits per heavy atom. The molecule has 0 radical (unpaired) electrons. The molecule has 1 aliphatic rings. The van der Waals surface area contributed by atoms with Gasteiger partial charge >= 0.3 is 5.97 Å². The van der Waals surface area contributed by atoms with Gasteiger partial charge < -0.3 is 9.47 Å². The van der Waals surface area contributed by atoms with Crippen LogP contribution in [0.5, 0.6) is 0 Å². The molecule has 3 nitrogen and oxygen atoms in total. The van der Waals surface area contributed by atoms with Gasteiger partial charge in [0.05, 0.1) is 19.1 Å². The van der Waals surface area contributed by atoms with Gasteiger partial charge in [-0.1, -0.05) is 54.6 Å². The van der Waals surface area contributed by atoms with Crippen LogP contribution in [0.15, 0.2) is 54.6 Å². The van der Waals surface area contributed by atoms with Crippen molar-refractivity contribution in [3.63, 3.8) is 0 Å². The smallest absolute Gasteiger partial charge is 0.309 e. The summed E-state index contributed by atoms with van der Waals surface area (Å²) in [6.07, 6.45) is 0.726. The Morgan fingerprint density at radius 1 is 1.09 bits per heavy atom. The van der Waals surface area contributed by atoms with Gasteiger partial charge in [-0.2, -0.15) is 0 Å². The molecule has 0 spiro atoms. The Labute approximate surface area is 137 Å². The van der Waals surface area contributed by atoms with Crippen molar-refractivity contribution in [1.29, 1.82) is 0 Å². The van der Waals surface area contributed by atoms with Crippen molar-refractivity contribution in [2.75, 3.05) is 19.8 Å². The predicted octanol–water partition coefficient (Wildman–Crippen LogP) is 4.04. The van der Waals surface area contributed by atoms with E-state index in [-0.39, 0.29) is 17.8 Å². The van der Waals surface area contributed by atoms with E-state index in [1.807, 2.05) is 25.1 Å². The molecule has 2 aromatic rings. The summed E-state index contributed by atoms with van der Waals surface area (Å²) in [6, 6.07) is 18.7. The van der Waals surface area contributed by atoms with Crippen LogP contribution in [0, 0.1) is 5.92 Å². The zero-order valence-electron chi connectivity index (χ0n) is 13.4. The maximum Gasteiger partial charge on any atom is 0.309 e. The van der Waals surface area contributed by atoms with E-state index >= 15 is 0 Å². The third kappa shape index (κ3) is 3.62. The number of hydrogen-bond acceptors (Lipinski definition) is 3. The largest absolute Gasteiger partial charge is 0.466 e. The molecule has 1 aliphatic heterocycles. The van der Waals surface area contributed by atoms with Crippen LogP contribution in [0.25, 0.3) is 11.1 Å². The van der Waals surface area contributed by atoms with Gasteiger partial charge in [-0.05, 0) is 30.0 Å². The van der Waals surface area contributed by atoms with Crippen molar-refractivity contribution in [2.45, 2.75) is 19.3 Å². The third-order valence-corrected chi connectivity index (χ3v) is 4.39. The lowest BCUT2D eigenvalue weighted by Crippen LogP contribution is -2.32. The summed E-state index contributed by atoms with van der Waals surface area (Å²) in [5.41, 5.74) is 3.52. The van der Waals surface area contributed by atoms with Gasteiger partial charge in [0.25, 0.3) is 0 Å². The molecule has 2 aromatic carbocycles. The summed E-state index contributed by atoms with van der Waals surface area (Å²) in [4.78, 5) is 12.2. The summed E-state index contributed by atoms with van der Waals surface area (Å²) < 4.78 is 10.8. The van der Waals surface area contributed by atoms with Gasteiger partial charge in [-0.3, -0.25) is 4.79 Å². The first-order valence-corrected chi connectivity index (χ1v) is 8.19. The van der Waals surface area contributed by atoms with Crippen molar-refractivity contribution in [2.24, 2.45) is 5.92 Å². The number of ether oxygens (including phenoxy) is 2. The second-order valence-corrected chi connectivity index (χ2v) is 5.82. The SMILES string of the molecule is CCOC(=O)[C@H]1CCOC[C@H]1c1ccc(-c2ccccc2)cc1. The average molecular weight is 310 g/mol. The molecule has 23 heavy (non-hydrogen) atoms. The molecule has 0 bridgehead atoms. The molecule has 1 saturated heterocycles. The molecule has 2 atom stereocenters. The summed E-state index contributed by atoms with van der Waals surface area (Å²) in [5.74, 6) is -0.133. The van der Waals surface area contributed by atoms with E-state index in [0.29, 0.717) is 19.8 Å². The van der Waals surface area contributed by atoms with Crippen molar-refractivity contribution in [3.05, 3.63) is 60.2 Å². The molecule has 120 valence electrons. The number of rotatable bonds is 4. The topological polar surface area (TPSA) is 35.5 Å². The molecular formula is C20H22O3. The molecule has 0 aliphatic carbocycles. The van der Waals surface area contributed by atoms with E-state index in [0.717, 1.165) is 12.0 Å². The van der Waals surface area contributed by atoms with Gasteiger partial charge in [0, 0.05) is 12.5 Å². The van der Waals surface area contributed by atoms with Crippen LogP contribution in [-0.4, -0.2) is 25.8 Å². The van der Waals surface area contributed by atoms with E-state index in [1.165, 1.54) is 11.1 Å². The fraction of sp³-hybridized carbons (Fsp3) is 0.350. The molecule has 0 unspecified atom stereocenters. The minimum absolute atomic E-state index is 0.0765. The third-order valence-electron chi connectivity index (χ3n) is 4.39. The fourth-order valence-electron chi connectivity index (χ4n) is 3.15. The lowest BCUT2D eigenvalue weighted by molar-refractivity contribution is -0.152. The van der Waals surface area contributed by atoms with E-state index in [4.69, 9.17) is 9.47 Å². The normalized spacial score (nSPS) is 20.9. The standard InChI is InChI=1S/C20H22O3/c1-2-23-20(21)18-12-13-22-14-19(18)17-10-8-16(9-11-17)15-6-4-3-5-7-15/h3-11,18-19H,2,12-14H2,1H3/t18-,19-/m0/s1. The zero-order chi connectivity index (χ0) is 16.1. The maximum atomic E-state index is 12.2. The molecule has 1 fully saturated rings. The van der Waals surface area contributed by atoms with Crippen LogP contribution < -0.4 is 0 Å². The lowest BCUT2D eigenvalue weighted by atomic mass is 9.82. The molecule has 3 heteroatoms. The summed E-state index contributed by atoms with van der Waals surface area (Å²) >= 11 is 0. The van der Waals surface area contributed by atoms with Gasteiger partial charge in [-0.15, -0.1) is 0 Å². The molecule has 0 saturated carbocycles. The highest BCUT2D eigenvalue weighted by molar-refractivity contribution is 5.74. The number of carbonyl (C=O) groups excluding carboxylic acids is 1. The number of benzene rings is 2. The molecular weight excluding hydrogens is 288 g/mol. The van der Waals surface area contributed by atoms with E-state index < -0.39 is 0 Å². The van der Waals surface area contributed by atoms with Crippen LogP contribution in [-0.2, 0) is 14.3 Å². The van der Waals surface area contributed by atoms with Crippen molar-refractivity contribution >= 4 is 5.97 Å². The summed E-state index contributed by atoms with van der Waals surface area (Å²) in [6.45, 7) is 3.48. The Morgan fingerprint density at radius 2 is 1.78 bits per heavy atom. The second kappa shape index (κ2) is 7.42. The van der Waals surface area contributed by atoms with Gasteiger partial charge in [0.15, 0.2) is 0 Å². The molecule has 3 rings (SSSR count). The molecule has 1 heterocycles. The van der Waals surface area contributed by atoms with E-state index in [1.54, 1.807) is 0 Å². The van der Waals surface area contributed by atoms with Crippen LogP contribution in [0.4, 0.5) is 0 Å². The Balaban J connectivity index is 1.81. The van der Waals surface area contributed by atoms with Crippen molar-refractivity contribution in [1.82, 2.24) is 0 Å². The minimum Gasteiger partial charge on any atom is -0.466 e. The molecule has 0 aromatic heterocycles. The first-order valence-electron chi connectivity index (χ1n) is 8.19. The number of esters is 1. The van der Waals surface area contributed by atoms with Crippen LogP contribution in [0.2, 0.25) is 0 Å². The summed E-state index contributed by atoms with van der Waals surface area (Å²) in [7, 11) is 0. The monoisotopic (exact) mass is 310 g/mol. The first kappa shape index (κ1) is 15.8. The highest BCUT2D eigenvalue weighted by atomic mass is 16.5. The van der Waals surface area contributed by atoms with Gasteiger partial charge in [0.2, 0.25) is 0 Å². The van der Waals surface area contributed by atoms with Crippen molar-refractivity contribution < 1.29 is 14.3 Å². The highest BCUT2D eigenvalue weighted by Gasteiger charge is 2.33. The minimum atomic E-state index is -0.105. The van der Waals surface area contributed by atoms with E-state index in [9.17, 15) is 4.79 Å². The van der Waals surface area contributed by atoms with Gasteiger partial charge in [-0.25, -0.2) is 0 Å². The Bertz CT molecular complexity index is 634. The summed E-state index contributed by atoms with van der Waals surface area (Å²) in [5, 5.41) is 0. The van der Waals surface area contributed by atoms with Gasteiger partial charge in [0.1, 0.15) is 0 Å². The van der Waals surface area contributed by atoms with Crippen LogP contribution >= 0.6 is 0 Å². The number of hydrogen-bond donors (Lipinski definition) is 0. The van der Waals surface area contributed by atoms with Crippen LogP contribution in [0.1, 0.15) is 24.8 Å². The average Bonchev–Trinajstić information content (AvgIpc) is 2.63. The van der Waals surface area contributed by atoms with E-state index in [2.05, 4.69) is 36.4 Å². The van der Waals surface area contributed by atoms with Crippen molar-refractivity contribution in [3.8, 4) is 11.1 Å². The molecule has 0 N–H and O–H groups in total. The van der Waals surface area contributed by atoms with Crippen LogP contribution in [0.3, 0.4) is 0 Å². The number of carbonyl (C=O) groups is 1. The quantitative estimate of drug-likeness (QED) is 0.800. The predicted molar refractivity (Wildman–Crippen MR) is 90.2 cm³/mol. The Hall–Kier alpha value is -2.13. The maximum absolute atomic E-state index is 12.2. The molecule has 0 amide bonds. The highest BCUT2D eigenvalue weighted by Crippen LogP contribution is 2.33. The first-order chi connectivity index (χ1) is 11.3. The second-order valence-electron chi connectivity index (χ2n) is 5.82. The zero-order valence-corrected chi connectivity index (χ0v) is 13.4. The lowest BCUT2D eigenvalue weighted by Gasteiger charge is -2.30. The fourth-order valence-corrected chi connectivity index (χ4v) is 3.15.